The third-order valence-electron chi connectivity index (χ3n) is 5.00. The minimum atomic E-state index is -3.96. The minimum absolute atomic E-state index is 0.00321. The molecular weight excluding hydrogens is 569 g/mol. The number of aryl methyl sites for hydroxylation is 1. The summed E-state index contributed by atoms with van der Waals surface area (Å²) in [7, 11) is -4.61. The molecule has 0 unspecified atom stereocenters. The zero-order chi connectivity index (χ0) is 26.1. The number of halogens is 2. The summed E-state index contributed by atoms with van der Waals surface area (Å²) in [6.07, 6.45) is 4.05. The third-order valence-corrected chi connectivity index (χ3v) is 8.13. The fourth-order valence-electron chi connectivity index (χ4n) is 3.22. The Morgan fingerprint density at radius 3 is 2.57 bits per heavy atom. The first-order valence-electron chi connectivity index (χ1n) is 10.1. The topological polar surface area (TPSA) is 133 Å². The normalized spacial score (nSPS) is 12.3. The van der Waals surface area contributed by atoms with Crippen molar-refractivity contribution < 1.29 is 30.8 Å². The maximum atomic E-state index is 14.7. The Bertz CT molecular complexity index is 1510. The molecule has 3 rings (SSSR count). The number of amides is 1. The quantitative estimate of drug-likeness (QED) is 0.325. The van der Waals surface area contributed by atoms with Gasteiger partial charge in [-0.1, -0.05) is 12.7 Å². The molecule has 1 aromatic carbocycles. The first-order valence-corrected chi connectivity index (χ1v) is 14.4. The molecule has 2 aromatic heterocycles. The highest BCUT2D eigenvalue weighted by molar-refractivity contribution is 9.10. The predicted molar refractivity (Wildman–Crippen MR) is 131 cm³/mol. The van der Waals surface area contributed by atoms with Gasteiger partial charge >= 0.3 is 0 Å². The van der Waals surface area contributed by atoms with Crippen LogP contribution in [-0.2, 0) is 31.6 Å². The summed E-state index contributed by atoms with van der Waals surface area (Å²) in [5.74, 6) is -1.83. The molecule has 0 aliphatic carbocycles. The summed E-state index contributed by atoms with van der Waals surface area (Å²) in [4.78, 5) is 13.6. The molecule has 0 fully saturated rings. The average Bonchev–Trinajstić information content (AvgIpc) is 3.32. The Kier molecular flexibility index (Phi) is 7.83. The SMILES string of the molecule is C=Cc1cn(C)nc1C(=O)N(C)CCOCCS(=O)(=O)c1cc(F)c2c(c1)c(Br)nn2S(C)(=O)=O. The van der Waals surface area contributed by atoms with Gasteiger partial charge in [0.25, 0.3) is 15.9 Å². The Labute approximate surface area is 210 Å². The Morgan fingerprint density at radius 1 is 1.26 bits per heavy atom. The van der Waals surface area contributed by atoms with Crippen molar-refractivity contribution in [3.63, 3.8) is 0 Å². The zero-order valence-electron chi connectivity index (χ0n) is 19.1. The lowest BCUT2D eigenvalue weighted by molar-refractivity contribution is 0.0705. The van der Waals surface area contributed by atoms with E-state index in [1.165, 1.54) is 15.7 Å². The van der Waals surface area contributed by atoms with Crippen LogP contribution >= 0.6 is 15.9 Å². The Balaban J connectivity index is 1.63. The van der Waals surface area contributed by atoms with Crippen LogP contribution in [0.1, 0.15) is 16.1 Å². The van der Waals surface area contributed by atoms with Crippen LogP contribution in [0.5, 0.6) is 0 Å². The standard InChI is InChI=1S/C20H23BrFN5O6S2/c1-5-13-12-26(3)23-17(13)20(28)25(2)6-7-33-8-9-35(31,32)14-10-15-18(16(22)11-14)27(24-19(15)21)34(4,29)30/h5,10-12H,1,6-9H2,2-4H3. The van der Waals surface area contributed by atoms with E-state index >= 15 is 0 Å². The van der Waals surface area contributed by atoms with Crippen LogP contribution in [0, 0.1) is 5.82 Å². The van der Waals surface area contributed by atoms with E-state index in [9.17, 15) is 26.0 Å². The highest BCUT2D eigenvalue weighted by Crippen LogP contribution is 2.30. The molecule has 0 aliphatic heterocycles. The third kappa shape index (κ3) is 5.79. The Morgan fingerprint density at radius 2 is 1.94 bits per heavy atom. The second-order valence-electron chi connectivity index (χ2n) is 7.67. The lowest BCUT2D eigenvalue weighted by atomic mass is 10.2. The van der Waals surface area contributed by atoms with E-state index in [-0.39, 0.29) is 51.8 Å². The molecule has 0 radical (unpaired) electrons. The molecule has 2 heterocycles. The van der Waals surface area contributed by atoms with Gasteiger partial charge in [0.15, 0.2) is 21.3 Å². The van der Waals surface area contributed by atoms with Crippen LogP contribution in [0.4, 0.5) is 4.39 Å². The number of rotatable bonds is 10. The molecule has 0 bridgehead atoms. The maximum Gasteiger partial charge on any atom is 0.274 e. The number of hydrogen-bond donors (Lipinski definition) is 0. The van der Waals surface area contributed by atoms with E-state index in [0.717, 1.165) is 18.4 Å². The van der Waals surface area contributed by atoms with Crippen LogP contribution in [0.2, 0.25) is 0 Å². The molecule has 11 nitrogen and oxygen atoms in total. The number of hydrogen-bond acceptors (Lipinski definition) is 8. The molecule has 0 N–H and O–H groups in total. The molecular formula is C20H23BrFN5O6S2. The zero-order valence-corrected chi connectivity index (χ0v) is 22.3. The van der Waals surface area contributed by atoms with Gasteiger partial charge in [-0.3, -0.25) is 9.48 Å². The smallest absolute Gasteiger partial charge is 0.274 e. The summed E-state index contributed by atoms with van der Waals surface area (Å²) >= 11 is 3.04. The van der Waals surface area contributed by atoms with Crippen LogP contribution in [0.25, 0.3) is 17.0 Å². The lowest BCUT2D eigenvalue weighted by Crippen LogP contribution is -2.31. The number of likely N-dealkylation sites (N-methyl/N-ethyl adjacent to an activating group) is 1. The largest absolute Gasteiger partial charge is 0.379 e. The number of carbonyl (C=O) groups excluding carboxylic acids is 1. The van der Waals surface area contributed by atoms with Crippen molar-refractivity contribution in [1.82, 2.24) is 23.9 Å². The van der Waals surface area contributed by atoms with Crippen molar-refractivity contribution in [2.75, 3.05) is 38.8 Å². The van der Waals surface area contributed by atoms with Gasteiger partial charge in [-0.05, 0) is 28.1 Å². The first kappa shape index (κ1) is 27.0. The van der Waals surface area contributed by atoms with Crippen molar-refractivity contribution in [2.24, 2.45) is 7.05 Å². The molecule has 0 saturated heterocycles. The summed E-state index contributed by atoms with van der Waals surface area (Å²) in [6.45, 7) is 3.71. The molecule has 35 heavy (non-hydrogen) atoms. The van der Waals surface area contributed by atoms with Gasteiger partial charge in [-0.25, -0.2) is 21.2 Å². The van der Waals surface area contributed by atoms with Crippen LogP contribution in [0.3, 0.4) is 0 Å². The summed E-state index contributed by atoms with van der Waals surface area (Å²) in [5.41, 5.74) is 0.486. The second kappa shape index (κ2) is 10.2. The van der Waals surface area contributed by atoms with Crippen LogP contribution < -0.4 is 0 Å². The van der Waals surface area contributed by atoms with Gasteiger partial charge in [0.2, 0.25) is 0 Å². The van der Waals surface area contributed by atoms with Crippen molar-refractivity contribution in [1.29, 1.82) is 0 Å². The van der Waals surface area contributed by atoms with Crippen molar-refractivity contribution in [3.8, 4) is 0 Å². The van der Waals surface area contributed by atoms with Crippen LogP contribution in [0.15, 0.2) is 34.4 Å². The van der Waals surface area contributed by atoms with Gasteiger partial charge in [-0.2, -0.15) is 9.19 Å². The molecule has 1 amide bonds. The molecule has 0 spiro atoms. The number of nitrogens with zero attached hydrogens (tertiary/aromatic N) is 5. The fraction of sp³-hybridized carbons (Fsp3) is 0.350. The van der Waals surface area contributed by atoms with Gasteiger partial charge in [0.1, 0.15) is 10.1 Å². The molecule has 190 valence electrons. The molecule has 0 atom stereocenters. The molecule has 15 heteroatoms. The number of benzene rings is 1. The molecule has 0 saturated carbocycles. The highest BCUT2D eigenvalue weighted by Gasteiger charge is 2.24. The van der Waals surface area contributed by atoms with E-state index in [2.05, 4.69) is 32.7 Å². The summed E-state index contributed by atoms with van der Waals surface area (Å²) in [6, 6.07) is 1.91. The van der Waals surface area contributed by atoms with Gasteiger partial charge in [0, 0.05) is 37.8 Å². The fourth-order valence-corrected chi connectivity index (χ4v) is 5.69. The van der Waals surface area contributed by atoms with Crippen molar-refractivity contribution in [3.05, 3.63) is 46.6 Å². The van der Waals surface area contributed by atoms with E-state index in [1.807, 2.05) is 0 Å². The number of carbonyl (C=O) groups is 1. The Hall–Kier alpha value is -2.62. The van der Waals surface area contributed by atoms with Crippen molar-refractivity contribution in [2.45, 2.75) is 4.90 Å². The highest BCUT2D eigenvalue weighted by atomic mass is 79.9. The van der Waals surface area contributed by atoms with E-state index in [0.29, 0.717) is 9.65 Å². The minimum Gasteiger partial charge on any atom is -0.379 e. The monoisotopic (exact) mass is 591 g/mol. The van der Waals surface area contributed by atoms with E-state index in [1.54, 1.807) is 20.3 Å². The van der Waals surface area contributed by atoms with E-state index < -0.39 is 31.4 Å². The number of ether oxygens (including phenoxy) is 1. The second-order valence-corrected chi connectivity index (χ2v) is 12.3. The number of sulfone groups is 1. The van der Waals surface area contributed by atoms with Crippen molar-refractivity contribution >= 4 is 58.7 Å². The average molecular weight is 592 g/mol. The molecule has 3 aromatic rings. The van der Waals surface area contributed by atoms with Gasteiger partial charge in [0.05, 0.1) is 30.1 Å². The van der Waals surface area contributed by atoms with Crippen LogP contribution in [-0.4, -0.2) is 85.4 Å². The predicted octanol–water partition coefficient (Wildman–Crippen LogP) is 1.68. The van der Waals surface area contributed by atoms with Gasteiger partial charge < -0.3 is 9.64 Å². The number of aromatic nitrogens is 4. The van der Waals surface area contributed by atoms with Gasteiger partial charge in [-0.15, -0.1) is 5.10 Å². The number of fused-ring (bicyclic) bond motifs is 1. The summed E-state index contributed by atoms with van der Waals surface area (Å²) < 4.78 is 71.2. The summed E-state index contributed by atoms with van der Waals surface area (Å²) in [5, 5.41) is 7.87. The molecule has 0 aliphatic rings. The maximum absolute atomic E-state index is 14.7. The first-order chi connectivity index (χ1) is 16.3. The van der Waals surface area contributed by atoms with E-state index in [4.69, 9.17) is 4.74 Å². The lowest BCUT2D eigenvalue weighted by Gasteiger charge is -2.16.